The topological polar surface area (TPSA) is 28.7 Å². The van der Waals surface area contributed by atoms with Crippen LogP contribution in [0.15, 0.2) is 41.2 Å². The summed E-state index contributed by atoms with van der Waals surface area (Å²) >= 11 is 5.22. The largest absolute Gasteiger partial charge is 0.339 e. The van der Waals surface area contributed by atoms with Crippen molar-refractivity contribution in [1.29, 1.82) is 0 Å². The van der Waals surface area contributed by atoms with Crippen molar-refractivity contribution in [2.75, 3.05) is 0 Å². The molecule has 1 N–H and O–H groups in total. The Morgan fingerprint density at radius 1 is 1.62 bits per heavy atom. The zero-order valence-electron chi connectivity index (χ0n) is 7.43. The first-order valence-electron chi connectivity index (χ1n) is 4.08. The van der Waals surface area contributed by atoms with E-state index in [4.69, 9.17) is 11.2 Å². The van der Waals surface area contributed by atoms with Crippen LogP contribution >= 0.6 is 0 Å². The monoisotopic (exact) mass is 212 g/mol. The second-order valence-electron chi connectivity index (χ2n) is 2.36. The van der Waals surface area contributed by atoms with E-state index in [9.17, 15) is 0 Å². The van der Waals surface area contributed by atoms with Gasteiger partial charge in [0.05, 0.1) is 0 Å². The Balaban J connectivity index is 2.51. The molecule has 1 atom stereocenters. The summed E-state index contributed by atoms with van der Waals surface area (Å²) in [6, 6.07) is 0. The van der Waals surface area contributed by atoms with E-state index >= 15 is 0 Å². The van der Waals surface area contributed by atoms with Gasteiger partial charge in [-0.15, -0.1) is 0 Å². The molecule has 70 valence electrons. The highest BCUT2D eigenvalue weighted by atomic mass is 32.8. The third-order valence-corrected chi connectivity index (χ3v) is 3.16. The van der Waals surface area contributed by atoms with Crippen molar-refractivity contribution in [2.24, 2.45) is 0 Å². The summed E-state index contributed by atoms with van der Waals surface area (Å²) < 4.78 is 0. The molecule has 1 aromatic heterocycles. The van der Waals surface area contributed by atoms with Crippen LogP contribution in [-0.4, -0.2) is 9.97 Å². The lowest BCUT2D eigenvalue weighted by Crippen LogP contribution is -1.86. The van der Waals surface area contributed by atoms with Crippen LogP contribution < -0.4 is 0 Å². The molecule has 13 heavy (non-hydrogen) atoms. The smallest absolute Gasteiger partial charge is 0.173 e. The highest BCUT2D eigenvalue weighted by molar-refractivity contribution is 8.30. The molecule has 0 aliphatic rings. The number of allylic oxidation sites excluding steroid dienone is 3. The minimum atomic E-state index is -0.321. The zero-order chi connectivity index (χ0) is 9.52. The van der Waals surface area contributed by atoms with Gasteiger partial charge in [-0.25, -0.2) is 4.98 Å². The number of hydrogen-bond acceptors (Lipinski definition) is 2. The van der Waals surface area contributed by atoms with Gasteiger partial charge in [-0.05, 0) is 32.5 Å². The molecule has 4 heteroatoms. The molecule has 0 aromatic carbocycles. The maximum atomic E-state index is 5.22. The van der Waals surface area contributed by atoms with Crippen LogP contribution in [0, 0.1) is 0 Å². The van der Waals surface area contributed by atoms with Crippen LogP contribution in [0.3, 0.4) is 0 Å². The third kappa shape index (κ3) is 3.65. The number of aromatic amines is 1. The van der Waals surface area contributed by atoms with E-state index in [0.717, 1.165) is 11.6 Å². The summed E-state index contributed by atoms with van der Waals surface area (Å²) in [4.78, 5) is 7.09. The van der Waals surface area contributed by atoms with Gasteiger partial charge in [0, 0.05) is 12.4 Å². The summed E-state index contributed by atoms with van der Waals surface area (Å²) in [5.74, 6) is 0. The highest BCUT2D eigenvalue weighted by Gasteiger charge is 1.94. The van der Waals surface area contributed by atoms with Crippen LogP contribution in [-0.2, 0) is 20.6 Å². The fourth-order valence-electron chi connectivity index (χ4n) is 0.757. The molecular formula is C9H12N2S2. The van der Waals surface area contributed by atoms with Crippen LogP contribution in [0.4, 0.5) is 0 Å². The summed E-state index contributed by atoms with van der Waals surface area (Å²) in [6.07, 6.45) is 10.6. The Morgan fingerprint density at radius 2 is 2.46 bits per heavy atom. The first-order valence-corrected chi connectivity index (χ1v) is 6.29. The van der Waals surface area contributed by atoms with Crippen molar-refractivity contribution in [1.82, 2.24) is 9.97 Å². The number of aromatic nitrogens is 2. The second-order valence-corrected chi connectivity index (χ2v) is 4.69. The van der Waals surface area contributed by atoms with Gasteiger partial charge in [-0.1, -0.05) is 25.2 Å². The van der Waals surface area contributed by atoms with Crippen molar-refractivity contribution in [3.05, 3.63) is 36.0 Å². The Hall–Kier alpha value is -0.740. The van der Waals surface area contributed by atoms with Gasteiger partial charge < -0.3 is 4.98 Å². The van der Waals surface area contributed by atoms with Crippen LogP contribution in [0.25, 0.3) is 0 Å². The van der Waals surface area contributed by atoms with E-state index in [-0.39, 0.29) is 9.45 Å². The fraction of sp³-hybridized carbons (Fsp3) is 0.222. The molecular weight excluding hydrogens is 200 g/mol. The van der Waals surface area contributed by atoms with E-state index in [2.05, 4.69) is 23.0 Å². The van der Waals surface area contributed by atoms with Gasteiger partial charge >= 0.3 is 0 Å². The highest BCUT2D eigenvalue weighted by Crippen LogP contribution is 1.99. The van der Waals surface area contributed by atoms with Crippen molar-refractivity contribution in [2.45, 2.75) is 18.5 Å². The van der Waals surface area contributed by atoms with Gasteiger partial charge in [0.2, 0.25) is 0 Å². The van der Waals surface area contributed by atoms with Gasteiger partial charge in [0.15, 0.2) is 5.16 Å². The number of rotatable bonds is 4. The van der Waals surface area contributed by atoms with Gasteiger partial charge in [0.25, 0.3) is 0 Å². The van der Waals surface area contributed by atoms with E-state index < -0.39 is 0 Å². The molecule has 1 unspecified atom stereocenters. The summed E-state index contributed by atoms with van der Waals surface area (Å²) in [5.41, 5.74) is 0. The first-order chi connectivity index (χ1) is 6.34. The van der Waals surface area contributed by atoms with Crippen molar-refractivity contribution >= 4 is 20.6 Å². The van der Waals surface area contributed by atoms with E-state index in [1.807, 2.05) is 17.6 Å². The van der Waals surface area contributed by atoms with Gasteiger partial charge in [-0.2, -0.15) is 0 Å². The Kier molecular flexibility index (Phi) is 4.64. The minimum Gasteiger partial charge on any atom is -0.339 e. The molecule has 0 spiro atoms. The average Bonchev–Trinajstić information content (AvgIpc) is 2.65. The molecule has 0 aliphatic heterocycles. The number of nitrogens with zero attached hydrogens (tertiary/aromatic N) is 1. The molecule has 1 aromatic rings. The van der Waals surface area contributed by atoms with Gasteiger partial charge in [-0.3, -0.25) is 0 Å². The van der Waals surface area contributed by atoms with Crippen molar-refractivity contribution in [3.63, 3.8) is 0 Å². The molecule has 0 aliphatic carbocycles. The third-order valence-electron chi connectivity index (χ3n) is 1.35. The lowest BCUT2D eigenvalue weighted by atomic mass is 10.4. The first kappa shape index (κ1) is 10.3. The molecule has 0 saturated carbocycles. The second kappa shape index (κ2) is 5.83. The average molecular weight is 212 g/mol. The molecule has 1 rings (SSSR count). The number of H-pyrrole nitrogens is 1. The molecule has 0 radical (unpaired) electrons. The molecule has 0 bridgehead atoms. The number of imidazole rings is 1. The lowest BCUT2D eigenvalue weighted by Gasteiger charge is -1.90. The van der Waals surface area contributed by atoms with E-state index in [0.29, 0.717) is 0 Å². The molecule has 0 saturated heterocycles. The lowest BCUT2D eigenvalue weighted by molar-refractivity contribution is 1.06. The Bertz CT molecular complexity index is 312. The maximum Gasteiger partial charge on any atom is 0.173 e. The molecule has 0 fully saturated rings. The predicted molar refractivity (Wildman–Crippen MR) is 60.2 cm³/mol. The normalized spacial score (nSPS) is 14.2. The summed E-state index contributed by atoms with van der Waals surface area (Å²) in [7, 11) is -0.321. The van der Waals surface area contributed by atoms with Crippen molar-refractivity contribution in [3.8, 4) is 0 Å². The molecule has 0 amide bonds. The van der Waals surface area contributed by atoms with E-state index in [1.54, 1.807) is 12.4 Å². The quantitative estimate of drug-likeness (QED) is 0.776. The van der Waals surface area contributed by atoms with E-state index in [1.165, 1.54) is 0 Å². The van der Waals surface area contributed by atoms with Crippen molar-refractivity contribution < 1.29 is 0 Å². The summed E-state index contributed by atoms with van der Waals surface area (Å²) in [5, 5.41) is 2.83. The Morgan fingerprint density at radius 3 is 3.08 bits per heavy atom. The number of hydrogen-bond donors (Lipinski definition) is 1. The number of nitrogens with one attached hydrogen (secondary N) is 1. The molecule has 2 nitrogen and oxygen atoms in total. The SMILES string of the molecule is CC/C=C/C=C/S(=S)c1ncc[nH]1. The standard InChI is InChI=1S/C9H12N2S2/c1-2-3-4-5-8-13(12)9-10-6-7-11-9/h3-8H,2H2,1H3,(H,10,11)/b4-3+,8-5+. The minimum absolute atomic E-state index is 0.321. The maximum absolute atomic E-state index is 5.22. The van der Waals surface area contributed by atoms with Crippen LogP contribution in [0.5, 0.6) is 0 Å². The van der Waals surface area contributed by atoms with Gasteiger partial charge in [0.1, 0.15) is 0 Å². The fourth-order valence-corrected chi connectivity index (χ4v) is 1.93. The zero-order valence-corrected chi connectivity index (χ0v) is 9.07. The van der Waals surface area contributed by atoms with Crippen LogP contribution in [0.2, 0.25) is 0 Å². The predicted octanol–water partition coefficient (Wildman–Crippen LogP) is 2.33. The van der Waals surface area contributed by atoms with Crippen LogP contribution in [0.1, 0.15) is 13.3 Å². The molecule has 1 heterocycles. The Labute approximate surface area is 85.4 Å². The summed E-state index contributed by atoms with van der Waals surface area (Å²) in [6.45, 7) is 2.10.